The highest BCUT2D eigenvalue weighted by Gasteiger charge is 2.20. The Kier molecular flexibility index (Phi) is 5.64. The number of aromatic nitrogens is 1. The Labute approximate surface area is 115 Å². The van der Waals surface area contributed by atoms with Gasteiger partial charge in [0.25, 0.3) is 0 Å². The summed E-state index contributed by atoms with van der Waals surface area (Å²) in [5, 5.41) is 7.17. The van der Waals surface area contributed by atoms with Crippen molar-refractivity contribution in [2.24, 2.45) is 5.92 Å². The molecule has 1 saturated carbocycles. The van der Waals surface area contributed by atoms with Crippen LogP contribution < -0.4 is 5.32 Å². The first-order valence-corrected chi connectivity index (χ1v) is 8.30. The van der Waals surface area contributed by atoms with Crippen molar-refractivity contribution in [2.75, 3.05) is 6.54 Å². The molecule has 0 radical (unpaired) electrons. The van der Waals surface area contributed by atoms with Crippen molar-refractivity contribution in [2.45, 2.75) is 64.8 Å². The highest BCUT2D eigenvalue weighted by atomic mass is 32.1. The maximum Gasteiger partial charge on any atom is 0.0897 e. The third-order valence-electron chi connectivity index (χ3n) is 3.88. The summed E-state index contributed by atoms with van der Waals surface area (Å²) in [6, 6.07) is 0.747. The molecule has 1 aromatic heterocycles. The second kappa shape index (κ2) is 7.25. The Morgan fingerprint density at radius 3 is 2.94 bits per heavy atom. The molecule has 18 heavy (non-hydrogen) atoms. The lowest BCUT2D eigenvalue weighted by Gasteiger charge is -2.20. The van der Waals surface area contributed by atoms with Gasteiger partial charge in [-0.3, -0.25) is 0 Å². The van der Waals surface area contributed by atoms with Crippen LogP contribution in [0, 0.1) is 12.8 Å². The average Bonchev–Trinajstić information content (AvgIpc) is 2.63. The van der Waals surface area contributed by atoms with E-state index in [1.165, 1.54) is 62.2 Å². The first kappa shape index (κ1) is 14.0. The number of aryl methyl sites for hydroxylation is 1. The van der Waals surface area contributed by atoms with Crippen LogP contribution in [0.15, 0.2) is 5.38 Å². The van der Waals surface area contributed by atoms with Crippen LogP contribution in [-0.2, 0) is 6.42 Å². The Morgan fingerprint density at radius 1 is 1.39 bits per heavy atom. The molecule has 102 valence electrons. The number of hydrogen-bond donors (Lipinski definition) is 1. The van der Waals surface area contributed by atoms with Crippen LogP contribution in [0.2, 0.25) is 0 Å². The van der Waals surface area contributed by atoms with Crippen molar-refractivity contribution < 1.29 is 0 Å². The molecule has 3 heteroatoms. The first-order chi connectivity index (χ1) is 8.78. The molecule has 0 spiro atoms. The van der Waals surface area contributed by atoms with Crippen LogP contribution in [0.25, 0.3) is 0 Å². The Morgan fingerprint density at radius 2 is 2.22 bits per heavy atom. The van der Waals surface area contributed by atoms with E-state index < -0.39 is 0 Å². The lowest BCUT2D eigenvalue weighted by Crippen LogP contribution is -2.31. The summed E-state index contributed by atoms with van der Waals surface area (Å²) in [5.41, 5.74) is 1.32. The van der Waals surface area contributed by atoms with Gasteiger partial charge in [0.1, 0.15) is 0 Å². The molecule has 2 unspecified atom stereocenters. The minimum Gasteiger partial charge on any atom is -0.314 e. The quantitative estimate of drug-likeness (QED) is 0.816. The van der Waals surface area contributed by atoms with Gasteiger partial charge in [-0.1, -0.05) is 26.2 Å². The molecule has 1 heterocycles. The van der Waals surface area contributed by atoms with Gasteiger partial charge in [0.05, 0.1) is 10.7 Å². The molecule has 0 aliphatic heterocycles. The van der Waals surface area contributed by atoms with E-state index in [2.05, 4.69) is 29.5 Å². The summed E-state index contributed by atoms with van der Waals surface area (Å²) in [6.07, 6.45) is 9.33. The molecule has 1 fully saturated rings. The summed E-state index contributed by atoms with van der Waals surface area (Å²) in [7, 11) is 0. The number of nitrogens with one attached hydrogen (secondary N) is 1. The number of nitrogens with zero attached hydrogens (tertiary/aromatic N) is 1. The van der Waals surface area contributed by atoms with E-state index >= 15 is 0 Å². The van der Waals surface area contributed by atoms with E-state index in [0.29, 0.717) is 0 Å². The van der Waals surface area contributed by atoms with Gasteiger partial charge in [0, 0.05) is 11.4 Å². The second-order valence-electron chi connectivity index (χ2n) is 5.60. The molecule has 0 saturated heterocycles. The Hall–Kier alpha value is -0.410. The van der Waals surface area contributed by atoms with E-state index in [4.69, 9.17) is 0 Å². The lowest BCUT2D eigenvalue weighted by atomic mass is 9.93. The summed E-state index contributed by atoms with van der Waals surface area (Å²) >= 11 is 1.79. The molecule has 1 aromatic rings. The SMILES string of the molecule is CCCNC1CCCCC(Cc2csc(C)n2)C1. The topological polar surface area (TPSA) is 24.9 Å². The van der Waals surface area contributed by atoms with Gasteiger partial charge in [-0.05, 0) is 45.1 Å². The molecule has 0 bridgehead atoms. The average molecular weight is 266 g/mol. The minimum absolute atomic E-state index is 0.747. The van der Waals surface area contributed by atoms with E-state index in [1.807, 2.05) is 0 Å². The van der Waals surface area contributed by atoms with Crippen LogP contribution in [0.1, 0.15) is 56.2 Å². The van der Waals surface area contributed by atoms with Gasteiger partial charge in [-0.15, -0.1) is 11.3 Å². The van der Waals surface area contributed by atoms with E-state index in [1.54, 1.807) is 11.3 Å². The largest absolute Gasteiger partial charge is 0.314 e. The number of hydrogen-bond acceptors (Lipinski definition) is 3. The normalized spacial score (nSPS) is 25.0. The molecule has 1 N–H and O–H groups in total. The zero-order valence-electron chi connectivity index (χ0n) is 11.7. The predicted molar refractivity (Wildman–Crippen MR) is 79.2 cm³/mol. The van der Waals surface area contributed by atoms with Crippen LogP contribution in [0.4, 0.5) is 0 Å². The van der Waals surface area contributed by atoms with Gasteiger partial charge >= 0.3 is 0 Å². The van der Waals surface area contributed by atoms with E-state index in [9.17, 15) is 0 Å². The Balaban J connectivity index is 1.86. The van der Waals surface area contributed by atoms with Gasteiger partial charge in [-0.2, -0.15) is 0 Å². The molecule has 2 rings (SSSR count). The Bertz CT molecular complexity index is 348. The second-order valence-corrected chi connectivity index (χ2v) is 6.66. The van der Waals surface area contributed by atoms with Crippen molar-refractivity contribution in [3.05, 3.63) is 16.1 Å². The molecule has 1 aliphatic rings. The highest BCUT2D eigenvalue weighted by molar-refractivity contribution is 7.09. The molecular weight excluding hydrogens is 240 g/mol. The maximum atomic E-state index is 4.62. The predicted octanol–water partition coefficient (Wildman–Crippen LogP) is 3.94. The fraction of sp³-hybridized carbons (Fsp3) is 0.800. The zero-order valence-corrected chi connectivity index (χ0v) is 12.6. The summed E-state index contributed by atoms with van der Waals surface area (Å²) in [6.45, 7) is 5.53. The monoisotopic (exact) mass is 266 g/mol. The van der Waals surface area contributed by atoms with Crippen LogP contribution in [0.5, 0.6) is 0 Å². The molecule has 0 aromatic carbocycles. The first-order valence-electron chi connectivity index (χ1n) is 7.42. The molecule has 0 amide bonds. The highest BCUT2D eigenvalue weighted by Crippen LogP contribution is 2.26. The standard InChI is InChI=1S/C15H26N2S/c1-3-8-16-14-7-5-4-6-13(9-14)10-15-11-18-12(2)17-15/h11,13-14,16H,3-10H2,1-2H3. The van der Waals surface area contributed by atoms with Crippen LogP contribution in [0.3, 0.4) is 0 Å². The molecule has 2 nitrogen and oxygen atoms in total. The smallest absolute Gasteiger partial charge is 0.0897 e. The van der Waals surface area contributed by atoms with Crippen LogP contribution in [-0.4, -0.2) is 17.6 Å². The van der Waals surface area contributed by atoms with Crippen molar-refractivity contribution in [1.29, 1.82) is 0 Å². The maximum absolute atomic E-state index is 4.62. The summed E-state index contributed by atoms with van der Waals surface area (Å²) < 4.78 is 0. The third-order valence-corrected chi connectivity index (χ3v) is 4.70. The third kappa shape index (κ3) is 4.36. The van der Waals surface area contributed by atoms with Gasteiger partial charge in [0.15, 0.2) is 0 Å². The van der Waals surface area contributed by atoms with Crippen molar-refractivity contribution >= 4 is 11.3 Å². The van der Waals surface area contributed by atoms with Crippen molar-refractivity contribution in [3.63, 3.8) is 0 Å². The molecule has 1 aliphatic carbocycles. The van der Waals surface area contributed by atoms with Crippen LogP contribution >= 0.6 is 11.3 Å². The summed E-state index contributed by atoms with van der Waals surface area (Å²) in [4.78, 5) is 4.62. The van der Waals surface area contributed by atoms with Crippen molar-refractivity contribution in [3.8, 4) is 0 Å². The van der Waals surface area contributed by atoms with E-state index in [-0.39, 0.29) is 0 Å². The molecule has 2 atom stereocenters. The fourth-order valence-electron chi connectivity index (χ4n) is 2.98. The van der Waals surface area contributed by atoms with Gasteiger partial charge in [0.2, 0.25) is 0 Å². The molecular formula is C15H26N2S. The lowest BCUT2D eigenvalue weighted by molar-refractivity contribution is 0.382. The number of rotatable bonds is 5. The van der Waals surface area contributed by atoms with E-state index in [0.717, 1.165) is 12.0 Å². The zero-order chi connectivity index (χ0) is 12.8. The minimum atomic E-state index is 0.747. The van der Waals surface area contributed by atoms with Crippen molar-refractivity contribution in [1.82, 2.24) is 10.3 Å². The fourth-order valence-corrected chi connectivity index (χ4v) is 3.60. The van der Waals surface area contributed by atoms with Gasteiger partial charge in [-0.25, -0.2) is 4.98 Å². The van der Waals surface area contributed by atoms with Gasteiger partial charge < -0.3 is 5.32 Å². The summed E-state index contributed by atoms with van der Waals surface area (Å²) in [5.74, 6) is 0.836. The number of thiazole rings is 1.